The second kappa shape index (κ2) is 5.99. The van der Waals surface area contributed by atoms with Gasteiger partial charge in [-0.2, -0.15) is 5.26 Å². The van der Waals surface area contributed by atoms with Crippen molar-refractivity contribution in [3.63, 3.8) is 0 Å². The maximum atomic E-state index is 8.88. The quantitative estimate of drug-likeness (QED) is 0.658. The molecule has 0 aromatic heterocycles. The number of nitrogens with one attached hydrogen (secondary N) is 1. The van der Waals surface area contributed by atoms with Gasteiger partial charge in [0.1, 0.15) is 6.07 Å². The topological polar surface area (TPSA) is 82.1 Å². The van der Waals surface area contributed by atoms with Crippen LogP contribution in [0.4, 0.5) is 11.4 Å². The summed E-state index contributed by atoms with van der Waals surface area (Å²) in [5.41, 5.74) is 7.46. The van der Waals surface area contributed by atoms with E-state index in [0.29, 0.717) is 17.7 Å². The summed E-state index contributed by atoms with van der Waals surface area (Å²) >= 11 is 0. The van der Waals surface area contributed by atoms with Gasteiger partial charge in [-0.25, -0.2) is 0 Å². The lowest BCUT2D eigenvalue weighted by Gasteiger charge is -2.17. The van der Waals surface area contributed by atoms with Crippen LogP contribution in [0.5, 0.6) is 0 Å². The largest absolute Gasteiger partial charge is 0.398 e. The number of benzene rings is 1. The molecule has 0 aliphatic heterocycles. The van der Waals surface area contributed by atoms with Crippen LogP contribution in [0.2, 0.25) is 0 Å². The molecular formula is C12H17N3O. The Kier molecular flexibility index (Phi) is 4.62. The molecule has 0 fully saturated rings. The number of hydrogen-bond acceptors (Lipinski definition) is 4. The Balaban J connectivity index is 2.77. The van der Waals surface area contributed by atoms with E-state index in [-0.39, 0.29) is 12.6 Å². The van der Waals surface area contributed by atoms with Crippen molar-refractivity contribution in [2.45, 2.75) is 25.8 Å². The Labute approximate surface area is 95.7 Å². The fourth-order valence-corrected chi connectivity index (χ4v) is 1.51. The highest BCUT2D eigenvalue weighted by Gasteiger charge is 2.06. The van der Waals surface area contributed by atoms with Crippen LogP contribution in [-0.4, -0.2) is 17.8 Å². The molecule has 0 heterocycles. The van der Waals surface area contributed by atoms with E-state index in [1.807, 2.05) is 12.1 Å². The van der Waals surface area contributed by atoms with Gasteiger partial charge < -0.3 is 16.2 Å². The van der Waals surface area contributed by atoms with Gasteiger partial charge in [-0.1, -0.05) is 6.92 Å². The lowest BCUT2D eigenvalue weighted by Crippen LogP contribution is -2.19. The molecule has 0 saturated carbocycles. The van der Waals surface area contributed by atoms with Gasteiger partial charge in [0.25, 0.3) is 0 Å². The fourth-order valence-electron chi connectivity index (χ4n) is 1.51. The van der Waals surface area contributed by atoms with Gasteiger partial charge in [-0.15, -0.1) is 0 Å². The van der Waals surface area contributed by atoms with E-state index < -0.39 is 0 Å². The third-order valence-corrected chi connectivity index (χ3v) is 2.51. The maximum absolute atomic E-state index is 8.88. The smallest absolute Gasteiger partial charge is 0.101 e. The van der Waals surface area contributed by atoms with Gasteiger partial charge in [0, 0.05) is 24.0 Å². The molecule has 0 aliphatic carbocycles. The number of nitrogens with zero attached hydrogens (tertiary/aromatic N) is 1. The second-order valence-corrected chi connectivity index (χ2v) is 3.68. The molecule has 1 unspecified atom stereocenters. The lowest BCUT2D eigenvalue weighted by molar-refractivity contribution is 0.278. The minimum absolute atomic E-state index is 0.158. The van der Waals surface area contributed by atoms with Gasteiger partial charge in [0.05, 0.1) is 5.56 Å². The number of aliphatic hydroxyl groups excluding tert-OH is 1. The molecular weight excluding hydrogens is 202 g/mol. The van der Waals surface area contributed by atoms with Gasteiger partial charge in [-0.05, 0) is 31.0 Å². The number of hydrogen-bond donors (Lipinski definition) is 3. The van der Waals surface area contributed by atoms with E-state index in [2.05, 4.69) is 12.2 Å². The molecule has 86 valence electrons. The Hall–Kier alpha value is -1.73. The summed E-state index contributed by atoms with van der Waals surface area (Å²) in [5.74, 6) is 0. The lowest BCUT2D eigenvalue weighted by atomic mass is 10.1. The van der Waals surface area contributed by atoms with Gasteiger partial charge in [0.2, 0.25) is 0 Å². The number of anilines is 2. The summed E-state index contributed by atoms with van der Waals surface area (Å²) in [4.78, 5) is 0. The first-order chi connectivity index (χ1) is 7.71. The van der Waals surface area contributed by atoms with Crippen molar-refractivity contribution in [1.82, 2.24) is 0 Å². The molecule has 0 amide bonds. The predicted molar refractivity (Wildman–Crippen MR) is 65.0 cm³/mol. The van der Waals surface area contributed by atoms with E-state index in [1.165, 1.54) is 0 Å². The van der Waals surface area contributed by atoms with Crippen LogP contribution in [0, 0.1) is 11.3 Å². The summed E-state index contributed by atoms with van der Waals surface area (Å²) in [6, 6.07) is 7.56. The van der Waals surface area contributed by atoms with Crippen LogP contribution >= 0.6 is 0 Å². The third kappa shape index (κ3) is 3.14. The van der Waals surface area contributed by atoms with Crippen molar-refractivity contribution in [3.05, 3.63) is 23.8 Å². The third-order valence-electron chi connectivity index (χ3n) is 2.51. The van der Waals surface area contributed by atoms with Crippen LogP contribution in [0.3, 0.4) is 0 Å². The van der Waals surface area contributed by atoms with E-state index in [1.54, 1.807) is 12.1 Å². The van der Waals surface area contributed by atoms with Gasteiger partial charge in [0.15, 0.2) is 0 Å². The Morgan fingerprint density at radius 1 is 1.56 bits per heavy atom. The van der Waals surface area contributed by atoms with E-state index in [4.69, 9.17) is 16.1 Å². The molecule has 0 bridgehead atoms. The van der Waals surface area contributed by atoms with Crippen molar-refractivity contribution in [2.24, 2.45) is 0 Å². The first-order valence-corrected chi connectivity index (χ1v) is 5.38. The highest BCUT2D eigenvalue weighted by molar-refractivity contribution is 5.62. The van der Waals surface area contributed by atoms with Crippen molar-refractivity contribution in [1.29, 1.82) is 5.26 Å². The van der Waals surface area contributed by atoms with Gasteiger partial charge >= 0.3 is 0 Å². The first-order valence-electron chi connectivity index (χ1n) is 5.38. The van der Waals surface area contributed by atoms with Crippen LogP contribution in [0.1, 0.15) is 25.3 Å². The summed E-state index contributed by atoms with van der Waals surface area (Å²) in [5, 5.41) is 21.0. The summed E-state index contributed by atoms with van der Waals surface area (Å²) < 4.78 is 0. The first kappa shape index (κ1) is 12.3. The second-order valence-electron chi connectivity index (χ2n) is 3.68. The van der Waals surface area contributed by atoms with Crippen molar-refractivity contribution < 1.29 is 5.11 Å². The number of nitriles is 1. The van der Waals surface area contributed by atoms with E-state index in [0.717, 1.165) is 12.1 Å². The number of rotatable bonds is 5. The van der Waals surface area contributed by atoms with Crippen LogP contribution in [0.25, 0.3) is 0 Å². The number of aliphatic hydroxyl groups is 1. The van der Waals surface area contributed by atoms with Crippen molar-refractivity contribution >= 4 is 11.4 Å². The van der Waals surface area contributed by atoms with Crippen LogP contribution in [-0.2, 0) is 0 Å². The summed E-state index contributed by atoms with van der Waals surface area (Å²) in [6.07, 6.45) is 1.62. The van der Waals surface area contributed by atoms with Crippen molar-refractivity contribution in [2.75, 3.05) is 17.7 Å². The highest BCUT2D eigenvalue weighted by Crippen LogP contribution is 2.18. The fraction of sp³-hybridized carbons (Fsp3) is 0.417. The Bertz CT molecular complexity index is 384. The zero-order valence-corrected chi connectivity index (χ0v) is 9.40. The molecule has 0 spiro atoms. The number of nitrogens with two attached hydrogens (primary N) is 1. The average molecular weight is 219 g/mol. The highest BCUT2D eigenvalue weighted by atomic mass is 16.3. The summed E-state index contributed by atoms with van der Waals surface area (Å²) in [7, 11) is 0. The normalized spacial score (nSPS) is 11.8. The molecule has 1 rings (SSSR count). The van der Waals surface area contributed by atoms with Gasteiger partial charge in [-0.3, -0.25) is 0 Å². The van der Waals surface area contributed by atoms with Crippen LogP contribution < -0.4 is 11.1 Å². The predicted octanol–water partition coefficient (Wildman–Crippen LogP) is 1.71. The number of nitrogen functional groups attached to an aromatic ring is 1. The van der Waals surface area contributed by atoms with Crippen molar-refractivity contribution in [3.8, 4) is 6.07 Å². The van der Waals surface area contributed by atoms with E-state index >= 15 is 0 Å². The molecule has 0 radical (unpaired) electrons. The average Bonchev–Trinajstić information content (AvgIpc) is 2.30. The monoisotopic (exact) mass is 219 g/mol. The van der Waals surface area contributed by atoms with Crippen LogP contribution in [0.15, 0.2) is 18.2 Å². The Morgan fingerprint density at radius 2 is 2.31 bits per heavy atom. The molecule has 4 heteroatoms. The Morgan fingerprint density at radius 3 is 2.88 bits per heavy atom. The minimum Gasteiger partial charge on any atom is -0.398 e. The minimum atomic E-state index is 0.158. The maximum Gasteiger partial charge on any atom is 0.101 e. The standard InChI is InChI=1S/C12H17N3O/c1-2-10(5-6-16)15-11-3-4-12(14)9(7-11)8-13/h3-4,7,10,15-16H,2,5-6,14H2,1H3. The molecule has 0 saturated heterocycles. The zero-order chi connectivity index (χ0) is 12.0. The SMILES string of the molecule is CCC(CCO)Nc1ccc(N)c(C#N)c1. The van der Waals surface area contributed by atoms with E-state index in [9.17, 15) is 0 Å². The molecule has 0 aliphatic rings. The zero-order valence-electron chi connectivity index (χ0n) is 9.40. The molecule has 1 aromatic carbocycles. The molecule has 1 atom stereocenters. The summed E-state index contributed by atoms with van der Waals surface area (Å²) in [6.45, 7) is 2.21. The molecule has 16 heavy (non-hydrogen) atoms. The molecule has 1 aromatic rings. The molecule has 4 nitrogen and oxygen atoms in total. The molecule has 4 N–H and O–H groups in total.